The third kappa shape index (κ3) is 3.13. The van der Waals surface area contributed by atoms with Gasteiger partial charge in [0.2, 0.25) is 5.91 Å². The van der Waals surface area contributed by atoms with Crippen LogP contribution in [-0.4, -0.2) is 29.9 Å². The second-order valence-corrected chi connectivity index (χ2v) is 6.70. The molecule has 0 heterocycles. The molecule has 3 nitrogen and oxygen atoms in total. The smallest absolute Gasteiger partial charge is 0.239 e. The Kier molecular flexibility index (Phi) is 4.72. The van der Waals surface area contributed by atoms with Crippen LogP contribution >= 0.6 is 0 Å². The average Bonchev–Trinajstić information content (AvgIpc) is 2.70. The summed E-state index contributed by atoms with van der Waals surface area (Å²) in [7, 11) is 0. The monoisotopic (exact) mass is 288 g/mol. The second kappa shape index (κ2) is 6.18. The normalized spacial score (nSPS) is 20.9. The number of benzene rings is 1. The fraction of sp³-hybridized carbons (Fsp3) is 0.611. The van der Waals surface area contributed by atoms with Gasteiger partial charge in [0.25, 0.3) is 0 Å². The van der Waals surface area contributed by atoms with Crippen LogP contribution in [0.3, 0.4) is 0 Å². The fourth-order valence-corrected chi connectivity index (χ4v) is 3.44. The van der Waals surface area contributed by atoms with Gasteiger partial charge in [0.05, 0.1) is 6.04 Å². The molecule has 2 atom stereocenters. The number of carbonyl (C=O) groups excluding carboxylic acids is 1. The molecule has 2 rings (SSSR count). The summed E-state index contributed by atoms with van der Waals surface area (Å²) in [5.41, 5.74) is 2.89. The predicted molar refractivity (Wildman–Crippen MR) is 87.2 cm³/mol. The van der Waals surface area contributed by atoms with Crippen molar-refractivity contribution >= 4 is 5.91 Å². The van der Waals surface area contributed by atoms with E-state index in [9.17, 15) is 4.79 Å². The minimum atomic E-state index is -0.152. The number of hydrogen-bond acceptors (Lipinski definition) is 2. The molecule has 1 amide bonds. The minimum Gasteiger partial charge on any atom is -0.342 e. The van der Waals surface area contributed by atoms with Crippen molar-refractivity contribution in [3.63, 3.8) is 0 Å². The Bertz CT molecular complexity index is 506. The van der Waals surface area contributed by atoms with Gasteiger partial charge in [-0.1, -0.05) is 38.1 Å². The van der Waals surface area contributed by atoms with Crippen LogP contribution in [0.4, 0.5) is 0 Å². The molecule has 1 N–H and O–H groups in total. The summed E-state index contributed by atoms with van der Waals surface area (Å²) in [6, 6.07) is 8.67. The van der Waals surface area contributed by atoms with Gasteiger partial charge in [-0.3, -0.25) is 10.1 Å². The number of hydrogen-bond donors (Lipinski definition) is 1. The van der Waals surface area contributed by atoms with Gasteiger partial charge in [0.15, 0.2) is 0 Å². The molecule has 0 aliphatic heterocycles. The van der Waals surface area contributed by atoms with Gasteiger partial charge in [-0.15, -0.1) is 0 Å². The van der Waals surface area contributed by atoms with Crippen LogP contribution in [0.5, 0.6) is 0 Å². The Morgan fingerprint density at radius 3 is 2.57 bits per heavy atom. The fourth-order valence-electron chi connectivity index (χ4n) is 3.44. The largest absolute Gasteiger partial charge is 0.342 e. The van der Waals surface area contributed by atoms with E-state index in [1.165, 1.54) is 11.1 Å². The molecule has 0 saturated heterocycles. The Labute approximate surface area is 128 Å². The van der Waals surface area contributed by atoms with E-state index in [1.807, 2.05) is 25.7 Å². The molecule has 1 aliphatic carbocycles. The summed E-state index contributed by atoms with van der Waals surface area (Å²) < 4.78 is 0. The SMILES string of the molecule is CCN(CC)C(=O)C(C)NC1c2ccccc2CC1(C)C. The number of carbonyl (C=O) groups is 1. The first-order valence-corrected chi connectivity index (χ1v) is 8.03. The second-order valence-electron chi connectivity index (χ2n) is 6.70. The summed E-state index contributed by atoms with van der Waals surface area (Å²) in [5.74, 6) is 0.195. The summed E-state index contributed by atoms with van der Waals surface area (Å²) in [6.07, 6.45) is 1.06. The van der Waals surface area contributed by atoms with E-state index in [-0.39, 0.29) is 23.4 Å². The van der Waals surface area contributed by atoms with Crippen LogP contribution in [0.15, 0.2) is 24.3 Å². The lowest BCUT2D eigenvalue weighted by Crippen LogP contribution is -2.47. The van der Waals surface area contributed by atoms with E-state index >= 15 is 0 Å². The van der Waals surface area contributed by atoms with Crippen molar-refractivity contribution in [1.29, 1.82) is 0 Å². The Morgan fingerprint density at radius 1 is 1.33 bits per heavy atom. The molecule has 2 unspecified atom stereocenters. The lowest BCUT2D eigenvalue weighted by Gasteiger charge is -2.32. The highest BCUT2D eigenvalue weighted by atomic mass is 16.2. The molecule has 0 spiro atoms. The van der Waals surface area contributed by atoms with Gasteiger partial charge in [0, 0.05) is 19.1 Å². The average molecular weight is 288 g/mol. The van der Waals surface area contributed by atoms with Crippen molar-refractivity contribution in [3.05, 3.63) is 35.4 Å². The topological polar surface area (TPSA) is 32.3 Å². The molecule has 1 aliphatic rings. The zero-order valence-corrected chi connectivity index (χ0v) is 13.9. The first kappa shape index (κ1) is 16.0. The van der Waals surface area contributed by atoms with E-state index in [1.54, 1.807) is 0 Å². The zero-order valence-electron chi connectivity index (χ0n) is 13.9. The van der Waals surface area contributed by atoms with Gasteiger partial charge in [-0.05, 0) is 43.7 Å². The highest BCUT2D eigenvalue weighted by Crippen LogP contribution is 2.45. The lowest BCUT2D eigenvalue weighted by atomic mass is 9.85. The zero-order chi connectivity index (χ0) is 15.6. The van der Waals surface area contributed by atoms with Crippen molar-refractivity contribution in [3.8, 4) is 0 Å². The molecule has 0 bridgehead atoms. The van der Waals surface area contributed by atoms with E-state index in [0.717, 1.165) is 19.5 Å². The Morgan fingerprint density at radius 2 is 1.95 bits per heavy atom. The van der Waals surface area contributed by atoms with Gasteiger partial charge in [-0.2, -0.15) is 0 Å². The third-order valence-corrected chi connectivity index (χ3v) is 4.66. The van der Waals surface area contributed by atoms with Crippen molar-refractivity contribution in [2.24, 2.45) is 5.41 Å². The van der Waals surface area contributed by atoms with Gasteiger partial charge in [-0.25, -0.2) is 0 Å². The Balaban J connectivity index is 2.16. The van der Waals surface area contributed by atoms with Crippen LogP contribution in [0.1, 0.15) is 51.8 Å². The van der Waals surface area contributed by atoms with Gasteiger partial charge in [0.1, 0.15) is 0 Å². The molecule has 0 aromatic heterocycles. The molecule has 1 aromatic carbocycles. The molecule has 0 radical (unpaired) electrons. The molecule has 116 valence electrons. The molecule has 3 heteroatoms. The molecule has 0 saturated carbocycles. The molecular formula is C18H28N2O. The maximum atomic E-state index is 12.5. The van der Waals surface area contributed by atoms with Crippen molar-refractivity contribution in [1.82, 2.24) is 10.2 Å². The lowest BCUT2D eigenvalue weighted by molar-refractivity contribution is -0.133. The standard InChI is InChI=1S/C18H28N2O/c1-6-20(7-2)17(21)13(3)19-16-15-11-9-8-10-14(15)12-18(16,4)5/h8-11,13,16,19H,6-7,12H2,1-5H3. The maximum absolute atomic E-state index is 12.5. The van der Waals surface area contributed by atoms with E-state index in [0.29, 0.717) is 0 Å². The number of rotatable bonds is 5. The van der Waals surface area contributed by atoms with E-state index in [2.05, 4.69) is 43.4 Å². The van der Waals surface area contributed by atoms with Crippen LogP contribution in [0.25, 0.3) is 0 Å². The highest BCUT2D eigenvalue weighted by molar-refractivity contribution is 5.81. The summed E-state index contributed by atoms with van der Waals surface area (Å²) in [6.45, 7) is 12.1. The molecular weight excluding hydrogens is 260 g/mol. The van der Waals surface area contributed by atoms with Crippen LogP contribution in [-0.2, 0) is 11.2 Å². The Hall–Kier alpha value is -1.35. The van der Waals surface area contributed by atoms with Crippen molar-refractivity contribution < 1.29 is 4.79 Å². The van der Waals surface area contributed by atoms with Crippen LogP contribution in [0.2, 0.25) is 0 Å². The maximum Gasteiger partial charge on any atom is 0.239 e. The number of amides is 1. The quantitative estimate of drug-likeness (QED) is 0.902. The first-order valence-electron chi connectivity index (χ1n) is 8.03. The van der Waals surface area contributed by atoms with Crippen LogP contribution in [0, 0.1) is 5.41 Å². The molecule has 1 aromatic rings. The van der Waals surface area contributed by atoms with E-state index < -0.39 is 0 Å². The number of nitrogens with one attached hydrogen (secondary N) is 1. The van der Waals surface area contributed by atoms with Crippen molar-refractivity contribution in [2.75, 3.05) is 13.1 Å². The van der Waals surface area contributed by atoms with E-state index in [4.69, 9.17) is 0 Å². The summed E-state index contributed by atoms with van der Waals surface area (Å²) in [5, 5.41) is 3.58. The third-order valence-electron chi connectivity index (χ3n) is 4.66. The molecule has 21 heavy (non-hydrogen) atoms. The highest BCUT2D eigenvalue weighted by Gasteiger charge is 2.40. The van der Waals surface area contributed by atoms with Gasteiger partial charge < -0.3 is 4.90 Å². The predicted octanol–water partition coefficient (Wildman–Crippen LogP) is 3.16. The summed E-state index contributed by atoms with van der Waals surface area (Å²) >= 11 is 0. The van der Waals surface area contributed by atoms with Gasteiger partial charge >= 0.3 is 0 Å². The summed E-state index contributed by atoms with van der Waals surface area (Å²) in [4.78, 5) is 14.4. The molecule has 0 fully saturated rings. The number of fused-ring (bicyclic) bond motifs is 1. The first-order chi connectivity index (χ1) is 9.90. The number of nitrogens with zero attached hydrogens (tertiary/aromatic N) is 1. The minimum absolute atomic E-state index is 0.140. The van der Waals surface area contributed by atoms with Crippen molar-refractivity contribution in [2.45, 2.75) is 53.1 Å². The number of likely N-dealkylation sites (N-methyl/N-ethyl adjacent to an activating group) is 1. The van der Waals surface area contributed by atoms with Crippen LogP contribution < -0.4 is 5.32 Å².